The van der Waals surface area contributed by atoms with Crippen LogP contribution in [0.5, 0.6) is 0 Å². The number of rotatable bonds is 5. The van der Waals surface area contributed by atoms with Gasteiger partial charge in [0, 0.05) is 42.5 Å². The summed E-state index contributed by atoms with van der Waals surface area (Å²) in [6, 6.07) is 9.10. The number of hydrogen-bond donors (Lipinski definition) is 2. The summed E-state index contributed by atoms with van der Waals surface area (Å²) >= 11 is 7.52. The van der Waals surface area contributed by atoms with Crippen molar-refractivity contribution in [2.75, 3.05) is 23.7 Å². The summed E-state index contributed by atoms with van der Waals surface area (Å²) in [6.07, 6.45) is 0.222. The van der Waals surface area contributed by atoms with Gasteiger partial charge in [0.25, 0.3) is 0 Å². The van der Waals surface area contributed by atoms with Crippen molar-refractivity contribution in [3.63, 3.8) is 0 Å². The number of thioether (sulfide) groups is 1. The van der Waals surface area contributed by atoms with E-state index in [0.29, 0.717) is 18.1 Å². The molecule has 0 aliphatic carbocycles. The summed E-state index contributed by atoms with van der Waals surface area (Å²) in [5.41, 5.74) is 3.82. The van der Waals surface area contributed by atoms with Crippen LogP contribution in [0.25, 0.3) is 0 Å². The van der Waals surface area contributed by atoms with Gasteiger partial charge in [-0.25, -0.2) is 9.78 Å². The number of aromatic nitrogens is 1. The number of pyridine rings is 1. The van der Waals surface area contributed by atoms with Crippen molar-refractivity contribution < 1.29 is 9.59 Å². The van der Waals surface area contributed by atoms with Gasteiger partial charge in [-0.05, 0) is 43.2 Å². The summed E-state index contributed by atoms with van der Waals surface area (Å²) < 4.78 is 0. The third-order valence-corrected chi connectivity index (χ3v) is 5.58. The number of carbonyl (C=O) groups excluding carboxylic acids is 2. The van der Waals surface area contributed by atoms with Crippen molar-refractivity contribution >= 4 is 41.0 Å². The lowest BCUT2D eigenvalue weighted by Crippen LogP contribution is -2.44. The zero-order valence-electron chi connectivity index (χ0n) is 15.9. The smallest absolute Gasteiger partial charge is 0.322 e. The topological polar surface area (TPSA) is 74.3 Å². The van der Waals surface area contributed by atoms with Crippen LogP contribution in [0.15, 0.2) is 35.4 Å². The van der Waals surface area contributed by atoms with Crippen molar-refractivity contribution in [3.05, 3.63) is 52.2 Å². The first kappa shape index (κ1) is 20.5. The fourth-order valence-corrected chi connectivity index (χ4v) is 4.25. The van der Waals surface area contributed by atoms with Crippen molar-refractivity contribution in [3.8, 4) is 0 Å². The highest BCUT2D eigenvalue weighted by Crippen LogP contribution is 2.36. The number of nitrogens with zero attached hydrogens (tertiary/aromatic N) is 2. The molecule has 6 nitrogen and oxygen atoms in total. The second-order valence-electron chi connectivity index (χ2n) is 6.62. The van der Waals surface area contributed by atoms with Gasteiger partial charge in [0.1, 0.15) is 5.03 Å². The molecule has 0 atom stereocenters. The summed E-state index contributed by atoms with van der Waals surface area (Å²) in [6.45, 7) is 5.28. The summed E-state index contributed by atoms with van der Waals surface area (Å²) in [7, 11) is 0. The minimum Gasteiger partial charge on any atom is -0.352 e. The molecule has 0 bridgehead atoms. The maximum absolute atomic E-state index is 12.6. The molecule has 8 heteroatoms. The van der Waals surface area contributed by atoms with Crippen LogP contribution in [0.3, 0.4) is 0 Å². The molecule has 0 saturated carbocycles. The van der Waals surface area contributed by atoms with E-state index >= 15 is 0 Å². The van der Waals surface area contributed by atoms with Crippen molar-refractivity contribution in [1.82, 2.24) is 15.6 Å². The first-order valence-corrected chi connectivity index (χ1v) is 10.5. The molecular formula is C20H23ClN4O2S. The summed E-state index contributed by atoms with van der Waals surface area (Å²) in [4.78, 5) is 30.9. The molecule has 0 fully saturated rings. The lowest BCUT2D eigenvalue weighted by molar-refractivity contribution is -0.121. The molecule has 0 radical (unpaired) electrons. The Morgan fingerprint density at radius 3 is 2.71 bits per heavy atom. The van der Waals surface area contributed by atoms with Crippen LogP contribution in [-0.4, -0.2) is 35.8 Å². The molecule has 0 saturated heterocycles. The lowest BCUT2D eigenvalue weighted by Gasteiger charge is -2.30. The highest BCUT2D eigenvalue weighted by atomic mass is 35.5. The lowest BCUT2D eigenvalue weighted by atomic mass is 10.2. The Morgan fingerprint density at radius 1 is 1.21 bits per heavy atom. The normalized spacial score (nSPS) is 13.0. The van der Waals surface area contributed by atoms with Crippen LogP contribution in [0, 0.1) is 13.8 Å². The number of carbonyl (C=O) groups is 2. The largest absolute Gasteiger partial charge is 0.352 e. The van der Waals surface area contributed by atoms with Crippen molar-refractivity contribution in [2.45, 2.75) is 31.8 Å². The predicted molar refractivity (Wildman–Crippen MR) is 113 cm³/mol. The zero-order chi connectivity index (χ0) is 20.1. The monoisotopic (exact) mass is 418 g/mol. The second kappa shape index (κ2) is 9.30. The minimum absolute atomic E-state index is 0.113. The Morgan fingerprint density at radius 2 is 1.96 bits per heavy atom. The molecule has 1 aliphatic rings. The average Bonchev–Trinajstić information content (AvgIpc) is 2.66. The van der Waals surface area contributed by atoms with Crippen LogP contribution in [0.1, 0.15) is 23.2 Å². The van der Waals surface area contributed by atoms with Gasteiger partial charge in [-0.2, -0.15) is 0 Å². The van der Waals surface area contributed by atoms with E-state index in [-0.39, 0.29) is 24.9 Å². The third-order valence-electron chi connectivity index (χ3n) is 4.38. The Hall–Kier alpha value is -2.25. The SMILES string of the molecule is Cc1cc(C)c2c(n1)SCCN2C(=O)NCCC(=O)NCc1ccc(Cl)cc1. The number of anilines is 1. The van der Waals surface area contributed by atoms with Crippen LogP contribution in [-0.2, 0) is 11.3 Å². The number of amides is 3. The van der Waals surface area contributed by atoms with E-state index in [4.69, 9.17) is 11.6 Å². The number of hydrogen-bond acceptors (Lipinski definition) is 4. The number of halogens is 1. The first-order valence-electron chi connectivity index (χ1n) is 9.11. The number of urea groups is 1. The first-order chi connectivity index (χ1) is 13.4. The second-order valence-corrected chi connectivity index (χ2v) is 8.14. The van der Waals surface area contributed by atoms with E-state index in [9.17, 15) is 9.59 Å². The van der Waals surface area contributed by atoms with Crippen LogP contribution >= 0.6 is 23.4 Å². The molecule has 2 N–H and O–H groups in total. The maximum atomic E-state index is 12.6. The van der Waals surface area contributed by atoms with Crippen LogP contribution in [0.4, 0.5) is 10.5 Å². The predicted octanol–water partition coefficient (Wildman–Crippen LogP) is 3.68. The van der Waals surface area contributed by atoms with Gasteiger partial charge in [0.2, 0.25) is 5.91 Å². The molecule has 1 aliphatic heterocycles. The highest BCUT2D eigenvalue weighted by Gasteiger charge is 2.26. The van der Waals surface area contributed by atoms with E-state index in [1.54, 1.807) is 28.8 Å². The highest BCUT2D eigenvalue weighted by molar-refractivity contribution is 7.99. The molecule has 2 heterocycles. The Balaban J connectivity index is 1.48. The Bertz CT molecular complexity index is 873. The maximum Gasteiger partial charge on any atom is 0.322 e. The van der Waals surface area contributed by atoms with Crippen LogP contribution < -0.4 is 15.5 Å². The molecule has 2 aromatic rings. The van der Waals surface area contributed by atoms with Gasteiger partial charge in [-0.1, -0.05) is 23.7 Å². The van der Waals surface area contributed by atoms with Crippen molar-refractivity contribution in [2.24, 2.45) is 0 Å². The molecule has 3 amide bonds. The van der Waals surface area contributed by atoms with Gasteiger partial charge in [-0.3, -0.25) is 9.69 Å². The molecule has 1 aromatic heterocycles. The fourth-order valence-electron chi connectivity index (χ4n) is 3.04. The van der Waals surface area contributed by atoms with Crippen molar-refractivity contribution in [1.29, 1.82) is 0 Å². The number of nitrogens with one attached hydrogen (secondary N) is 2. The van der Waals surface area contributed by atoms with Gasteiger partial charge < -0.3 is 10.6 Å². The molecule has 1 aromatic carbocycles. The van der Waals surface area contributed by atoms with Gasteiger partial charge >= 0.3 is 6.03 Å². The van der Waals surface area contributed by atoms with Gasteiger partial charge in [0.05, 0.1) is 5.69 Å². The third kappa shape index (κ3) is 5.17. The minimum atomic E-state index is -0.194. The molecule has 3 rings (SSSR count). The van der Waals surface area contributed by atoms with Crippen LogP contribution in [0.2, 0.25) is 5.02 Å². The average molecular weight is 419 g/mol. The fraction of sp³-hybridized carbons (Fsp3) is 0.350. The zero-order valence-corrected chi connectivity index (χ0v) is 17.5. The molecule has 0 unspecified atom stereocenters. The molecule has 148 valence electrons. The van der Waals surface area contributed by atoms with E-state index in [1.807, 2.05) is 32.0 Å². The summed E-state index contributed by atoms with van der Waals surface area (Å²) in [5, 5.41) is 7.24. The Kier molecular flexibility index (Phi) is 6.80. The van der Waals surface area contributed by atoms with E-state index in [0.717, 1.165) is 33.3 Å². The standard InChI is InChI=1S/C20H23ClN4O2S/c1-13-11-14(2)24-19-18(13)25(9-10-28-19)20(27)22-8-7-17(26)23-12-15-3-5-16(21)6-4-15/h3-6,11H,7-10,12H2,1-2H3,(H,22,27)(H,23,26). The van der Waals surface area contributed by atoms with Gasteiger partial charge in [0.15, 0.2) is 0 Å². The molecular weight excluding hydrogens is 396 g/mol. The molecule has 0 spiro atoms. The van der Waals surface area contributed by atoms with E-state index < -0.39 is 0 Å². The quantitative estimate of drug-likeness (QED) is 0.776. The summed E-state index contributed by atoms with van der Waals surface area (Å²) in [5.74, 6) is 0.691. The number of benzene rings is 1. The Labute approximate surface area is 174 Å². The molecule has 28 heavy (non-hydrogen) atoms. The van der Waals surface area contributed by atoms with E-state index in [1.165, 1.54) is 0 Å². The number of aryl methyl sites for hydroxylation is 2. The van der Waals surface area contributed by atoms with Gasteiger partial charge in [-0.15, -0.1) is 11.8 Å². The number of fused-ring (bicyclic) bond motifs is 1. The van der Waals surface area contributed by atoms with E-state index in [2.05, 4.69) is 15.6 Å².